The van der Waals surface area contributed by atoms with Crippen molar-refractivity contribution in [1.29, 1.82) is 0 Å². The molecule has 1 fully saturated rings. The number of anilines is 1. The molecular weight excluding hydrogens is 442 g/mol. The molecule has 29 heavy (non-hydrogen) atoms. The second-order valence-corrected chi connectivity index (χ2v) is 7.10. The number of urea groups is 1. The minimum Gasteiger partial charge on any atom is -0.483 e. The topological polar surface area (TPSA) is 114 Å². The van der Waals surface area contributed by atoms with E-state index in [9.17, 15) is 19.2 Å². The van der Waals surface area contributed by atoms with Gasteiger partial charge < -0.3 is 10.1 Å². The molecule has 0 saturated carbocycles. The number of imide groups is 2. The summed E-state index contributed by atoms with van der Waals surface area (Å²) in [4.78, 5) is 47.2. The lowest BCUT2D eigenvalue weighted by molar-refractivity contribution is -0.124. The zero-order chi connectivity index (χ0) is 21.0. The number of hydrogen-bond donors (Lipinski definition) is 3. The summed E-state index contributed by atoms with van der Waals surface area (Å²) in [5.41, 5.74) is 1.85. The van der Waals surface area contributed by atoms with Crippen molar-refractivity contribution in [2.45, 2.75) is 6.92 Å². The minimum atomic E-state index is -0.879. The Bertz CT molecular complexity index is 1010. The third-order valence-corrected chi connectivity index (χ3v) is 4.40. The maximum atomic E-state index is 12.2. The fraction of sp³-hybridized carbons (Fsp3) is 0.100. The maximum absolute atomic E-state index is 12.2. The number of rotatable bonds is 5. The number of barbiturate groups is 1. The normalized spacial score (nSPS) is 13.4. The predicted molar refractivity (Wildman–Crippen MR) is 109 cm³/mol. The van der Waals surface area contributed by atoms with Crippen molar-refractivity contribution in [3.63, 3.8) is 0 Å². The molecule has 1 saturated heterocycles. The summed E-state index contributed by atoms with van der Waals surface area (Å²) >= 11 is 3.31. The molecule has 9 heteroatoms. The largest absolute Gasteiger partial charge is 0.483 e. The van der Waals surface area contributed by atoms with Gasteiger partial charge in [-0.05, 0) is 43.3 Å². The summed E-state index contributed by atoms with van der Waals surface area (Å²) < 4.78 is 6.25. The van der Waals surface area contributed by atoms with E-state index in [1.807, 2.05) is 29.7 Å². The Hall–Kier alpha value is -3.46. The first-order chi connectivity index (χ1) is 13.8. The van der Waals surface area contributed by atoms with Crippen LogP contribution in [0.15, 0.2) is 52.5 Å². The van der Waals surface area contributed by atoms with Gasteiger partial charge in [-0.25, -0.2) is 4.79 Å². The van der Waals surface area contributed by atoms with Crippen molar-refractivity contribution < 1.29 is 23.9 Å². The van der Waals surface area contributed by atoms with Gasteiger partial charge >= 0.3 is 6.03 Å². The van der Waals surface area contributed by atoms with Gasteiger partial charge in [0.1, 0.15) is 11.3 Å². The molecule has 0 atom stereocenters. The van der Waals surface area contributed by atoms with Crippen LogP contribution in [0.5, 0.6) is 5.75 Å². The van der Waals surface area contributed by atoms with Crippen LogP contribution in [0.25, 0.3) is 6.08 Å². The molecule has 1 heterocycles. The van der Waals surface area contributed by atoms with Crippen molar-refractivity contribution >= 4 is 51.4 Å². The van der Waals surface area contributed by atoms with E-state index in [4.69, 9.17) is 4.74 Å². The van der Waals surface area contributed by atoms with Gasteiger partial charge in [0.25, 0.3) is 17.7 Å². The van der Waals surface area contributed by atoms with E-state index in [1.54, 1.807) is 30.3 Å². The van der Waals surface area contributed by atoms with E-state index >= 15 is 0 Å². The van der Waals surface area contributed by atoms with Gasteiger partial charge in [-0.3, -0.25) is 25.0 Å². The number of amides is 5. The second-order valence-electron chi connectivity index (χ2n) is 6.18. The van der Waals surface area contributed by atoms with Crippen LogP contribution in [0.2, 0.25) is 0 Å². The number of ether oxygens (including phenoxy) is 1. The van der Waals surface area contributed by atoms with Crippen LogP contribution in [0.4, 0.5) is 10.5 Å². The average Bonchev–Trinajstić information content (AvgIpc) is 2.66. The molecule has 2 aromatic carbocycles. The smallest absolute Gasteiger partial charge is 0.328 e. The van der Waals surface area contributed by atoms with Gasteiger partial charge in [0.15, 0.2) is 6.61 Å². The number of carbonyl (C=O) groups excluding carboxylic acids is 4. The molecule has 3 N–H and O–H groups in total. The van der Waals surface area contributed by atoms with E-state index < -0.39 is 17.8 Å². The highest BCUT2D eigenvalue weighted by molar-refractivity contribution is 9.10. The number of aryl methyl sites for hydroxylation is 1. The lowest BCUT2D eigenvalue weighted by atomic mass is 10.1. The van der Waals surface area contributed by atoms with E-state index in [0.717, 1.165) is 5.56 Å². The lowest BCUT2D eigenvalue weighted by Gasteiger charge is -2.15. The Morgan fingerprint density at radius 2 is 1.72 bits per heavy atom. The summed E-state index contributed by atoms with van der Waals surface area (Å²) in [5, 5.41) is 6.72. The number of halogens is 1. The molecule has 8 nitrogen and oxygen atoms in total. The molecule has 3 rings (SSSR count). The maximum Gasteiger partial charge on any atom is 0.328 e. The average molecular weight is 458 g/mol. The Morgan fingerprint density at radius 3 is 2.38 bits per heavy atom. The number of benzene rings is 2. The lowest BCUT2D eigenvalue weighted by Crippen LogP contribution is -2.51. The fourth-order valence-corrected chi connectivity index (χ4v) is 2.88. The first-order valence-electron chi connectivity index (χ1n) is 8.49. The van der Waals surface area contributed by atoms with Crippen LogP contribution in [-0.2, 0) is 14.4 Å². The SMILES string of the molecule is Cc1ccc(NC(=O)COc2ccc(Br)cc2C=C2C(=O)NC(=O)NC2=O)cc1. The van der Waals surface area contributed by atoms with Gasteiger partial charge in [0.05, 0.1) is 0 Å². The van der Waals surface area contributed by atoms with Crippen molar-refractivity contribution in [3.05, 3.63) is 63.6 Å². The summed E-state index contributed by atoms with van der Waals surface area (Å²) in [6.45, 7) is 1.67. The second kappa shape index (κ2) is 8.70. The molecule has 2 aromatic rings. The highest BCUT2D eigenvalue weighted by Gasteiger charge is 2.28. The standard InChI is InChI=1S/C20H16BrN3O5/c1-11-2-5-14(6-3-11)22-17(25)10-29-16-7-4-13(21)8-12(16)9-15-18(26)23-20(28)24-19(15)27/h2-9H,10H2,1H3,(H,22,25)(H2,23,24,26,27,28). The fourth-order valence-electron chi connectivity index (χ4n) is 2.50. The summed E-state index contributed by atoms with van der Waals surface area (Å²) in [6, 6.07) is 11.3. The van der Waals surface area contributed by atoms with Crippen molar-refractivity contribution in [2.75, 3.05) is 11.9 Å². The third-order valence-electron chi connectivity index (χ3n) is 3.91. The van der Waals surface area contributed by atoms with Gasteiger partial charge in [0, 0.05) is 15.7 Å². The first kappa shape index (κ1) is 20.3. The third kappa shape index (κ3) is 5.29. The molecule has 0 aromatic heterocycles. The molecule has 0 bridgehead atoms. The summed E-state index contributed by atoms with van der Waals surface area (Å²) in [7, 11) is 0. The van der Waals surface area contributed by atoms with Gasteiger partial charge in [-0.15, -0.1) is 0 Å². The number of nitrogens with one attached hydrogen (secondary N) is 3. The van der Waals surface area contributed by atoms with Crippen LogP contribution in [-0.4, -0.2) is 30.4 Å². The van der Waals surface area contributed by atoms with E-state index in [0.29, 0.717) is 15.7 Å². The van der Waals surface area contributed by atoms with E-state index in [1.165, 1.54) is 6.08 Å². The first-order valence-corrected chi connectivity index (χ1v) is 9.28. The highest BCUT2D eigenvalue weighted by Crippen LogP contribution is 2.26. The number of carbonyl (C=O) groups is 4. The van der Waals surface area contributed by atoms with Crippen molar-refractivity contribution in [1.82, 2.24) is 10.6 Å². The van der Waals surface area contributed by atoms with Crippen molar-refractivity contribution in [2.24, 2.45) is 0 Å². The van der Waals surface area contributed by atoms with E-state index in [2.05, 4.69) is 21.2 Å². The zero-order valence-electron chi connectivity index (χ0n) is 15.2. The quantitative estimate of drug-likeness (QED) is 0.471. The van der Waals surface area contributed by atoms with Crippen LogP contribution >= 0.6 is 15.9 Å². The Labute approximate surface area is 174 Å². The van der Waals surface area contributed by atoms with Crippen LogP contribution < -0.4 is 20.7 Å². The Balaban J connectivity index is 1.75. The molecule has 0 aliphatic carbocycles. The highest BCUT2D eigenvalue weighted by atomic mass is 79.9. The Morgan fingerprint density at radius 1 is 1.07 bits per heavy atom. The molecule has 1 aliphatic heterocycles. The molecule has 0 spiro atoms. The minimum absolute atomic E-state index is 0.253. The summed E-state index contributed by atoms with van der Waals surface area (Å²) in [5.74, 6) is -1.71. The van der Waals surface area contributed by atoms with E-state index in [-0.39, 0.29) is 23.8 Å². The molecule has 148 valence electrons. The van der Waals surface area contributed by atoms with Crippen LogP contribution in [0.1, 0.15) is 11.1 Å². The van der Waals surface area contributed by atoms with Gasteiger partial charge in [-0.1, -0.05) is 33.6 Å². The zero-order valence-corrected chi connectivity index (χ0v) is 16.8. The van der Waals surface area contributed by atoms with Gasteiger partial charge in [0.2, 0.25) is 0 Å². The monoisotopic (exact) mass is 457 g/mol. The van der Waals surface area contributed by atoms with Gasteiger partial charge in [-0.2, -0.15) is 0 Å². The van der Waals surface area contributed by atoms with Crippen LogP contribution in [0, 0.1) is 6.92 Å². The molecule has 0 radical (unpaired) electrons. The van der Waals surface area contributed by atoms with Crippen LogP contribution in [0.3, 0.4) is 0 Å². The predicted octanol–water partition coefficient (Wildman–Crippen LogP) is 2.52. The number of hydrogen-bond acceptors (Lipinski definition) is 5. The van der Waals surface area contributed by atoms with Crippen molar-refractivity contribution in [3.8, 4) is 5.75 Å². The Kier molecular flexibility index (Phi) is 6.08. The molecular formula is C20H16BrN3O5. The molecule has 1 aliphatic rings. The summed E-state index contributed by atoms with van der Waals surface area (Å²) in [6.07, 6.45) is 1.29. The molecule has 0 unspecified atom stereocenters. The molecule has 5 amide bonds.